The highest BCUT2D eigenvalue weighted by molar-refractivity contribution is 7.16. The van der Waals surface area contributed by atoms with Gasteiger partial charge in [0.2, 0.25) is 0 Å². The van der Waals surface area contributed by atoms with Crippen molar-refractivity contribution in [3.8, 4) is 0 Å². The van der Waals surface area contributed by atoms with Crippen LogP contribution in [0.4, 0.5) is 0 Å². The van der Waals surface area contributed by atoms with Gasteiger partial charge in [-0.15, -0.1) is 11.3 Å². The molecule has 3 nitrogen and oxygen atoms in total. The lowest BCUT2D eigenvalue weighted by Crippen LogP contribution is -2.14. The van der Waals surface area contributed by atoms with Crippen molar-refractivity contribution >= 4 is 22.9 Å². The maximum atomic E-state index is 6.26. The summed E-state index contributed by atoms with van der Waals surface area (Å²) in [6, 6.07) is 3.93. The van der Waals surface area contributed by atoms with Gasteiger partial charge in [0.25, 0.3) is 0 Å². The average Bonchev–Trinajstić information content (AvgIpc) is 2.73. The first kappa shape index (κ1) is 12.6. The third-order valence-corrected chi connectivity index (χ3v) is 4.24. The van der Waals surface area contributed by atoms with Crippen LogP contribution < -0.4 is 5.73 Å². The van der Waals surface area contributed by atoms with Crippen LogP contribution in [-0.2, 0) is 13.5 Å². The molecule has 0 saturated carbocycles. The maximum Gasteiger partial charge on any atom is 0.0931 e. The second-order valence-electron chi connectivity index (χ2n) is 4.22. The van der Waals surface area contributed by atoms with E-state index in [1.165, 1.54) is 4.88 Å². The van der Waals surface area contributed by atoms with Crippen LogP contribution in [0.5, 0.6) is 0 Å². The van der Waals surface area contributed by atoms with Gasteiger partial charge in [-0.05, 0) is 26.0 Å². The molecule has 0 spiro atoms. The molecule has 17 heavy (non-hydrogen) atoms. The Morgan fingerprint density at radius 1 is 1.47 bits per heavy atom. The van der Waals surface area contributed by atoms with Crippen molar-refractivity contribution in [2.45, 2.75) is 26.3 Å². The minimum Gasteiger partial charge on any atom is -0.324 e. The van der Waals surface area contributed by atoms with Crippen LogP contribution in [0.25, 0.3) is 0 Å². The molecule has 2 heterocycles. The van der Waals surface area contributed by atoms with Crippen LogP contribution in [0.2, 0.25) is 4.34 Å². The molecular formula is C12H16ClN3S. The van der Waals surface area contributed by atoms with E-state index in [1.54, 1.807) is 11.3 Å². The van der Waals surface area contributed by atoms with E-state index >= 15 is 0 Å². The Labute approximate surface area is 110 Å². The van der Waals surface area contributed by atoms with Gasteiger partial charge in [0.05, 0.1) is 10.0 Å². The topological polar surface area (TPSA) is 43.8 Å². The van der Waals surface area contributed by atoms with Crippen molar-refractivity contribution in [3.05, 3.63) is 38.3 Å². The van der Waals surface area contributed by atoms with Crippen molar-refractivity contribution in [1.82, 2.24) is 9.78 Å². The summed E-state index contributed by atoms with van der Waals surface area (Å²) in [6.45, 7) is 4.06. The molecule has 2 aromatic heterocycles. The van der Waals surface area contributed by atoms with E-state index in [4.69, 9.17) is 17.3 Å². The Hall–Kier alpha value is -0.840. The molecule has 92 valence electrons. The number of hydrogen-bond donors (Lipinski definition) is 1. The van der Waals surface area contributed by atoms with Crippen molar-refractivity contribution < 1.29 is 0 Å². The molecule has 0 aliphatic rings. The number of nitrogens with two attached hydrogens (primary N) is 1. The largest absolute Gasteiger partial charge is 0.324 e. The Bertz CT molecular complexity index is 530. The van der Waals surface area contributed by atoms with Crippen LogP contribution in [-0.4, -0.2) is 9.78 Å². The molecular weight excluding hydrogens is 254 g/mol. The molecule has 0 aliphatic heterocycles. The molecule has 0 saturated heterocycles. The lowest BCUT2D eigenvalue weighted by molar-refractivity contribution is 0.705. The maximum absolute atomic E-state index is 6.26. The van der Waals surface area contributed by atoms with Gasteiger partial charge in [-0.25, -0.2) is 0 Å². The van der Waals surface area contributed by atoms with Gasteiger partial charge in [0, 0.05) is 35.6 Å². The summed E-state index contributed by atoms with van der Waals surface area (Å²) in [7, 11) is 1.95. The van der Waals surface area contributed by atoms with E-state index in [0.29, 0.717) is 0 Å². The predicted molar refractivity (Wildman–Crippen MR) is 72.6 cm³/mol. The summed E-state index contributed by atoms with van der Waals surface area (Å²) < 4.78 is 2.69. The smallest absolute Gasteiger partial charge is 0.0931 e. The molecule has 0 aromatic carbocycles. The van der Waals surface area contributed by atoms with Gasteiger partial charge in [-0.1, -0.05) is 11.6 Å². The first-order chi connectivity index (χ1) is 7.99. The highest BCUT2D eigenvalue weighted by Gasteiger charge is 2.17. The molecule has 0 aliphatic carbocycles. The number of aromatic nitrogens is 2. The van der Waals surface area contributed by atoms with Crippen molar-refractivity contribution in [2.75, 3.05) is 0 Å². The fourth-order valence-electron chi connectivity index (χ4n) is 2.11. The van der Waals surface area contributed by atoms with E-state index < -0.39 is 0 Å². The van der Waals surface area contributed by atoms with E-state index in [2.05, 4.69) is 12.0 Å². The zero-order chi connectivity index (χ0) is 12.6. The van der Waals surface area contributed by atoms with Crippen LogP contribution >= 0.6 is 22.9 Å². The molecule has 1 atom stereocenters. The monoisotopic (exact) mass is 269 g/mol. The Morgan fingerprint density at radius 3 is 2.65 bits per heavy atom. The fourth-order valence-corrected chi connectivity index (χ4v) is 3.25. The molecule has 0 radical (unpaired) electrons. The number of aryl methyl sites for hydroxylation is 2. The zero-order valence-electron chi connectivity index (χ0n) is 10.2. The first-order valence-electron chi connectivity index (χ1n) is 5.49. The van der Waals surface area contributed by atoms with Crippen LogP contribution in [0.15, 0.2) is 12.1 Å². The molecule has 2 rings (SSSR count). The van der Waals surface area contributed by atoms with Gasteiger partial charge < -0.3 is 5.73 Å². The summed E-state index contributed by atoms with van der Waals surface area (Å²) >= 11 is 7.51. The third kappa shape index (κ3) is 2.54. The minimum atomic E-state index is -0.0154. The second kappa shape index (κ2) is 4.80. The Balaban J connectivity index is 2.22. The highest BCUT2D eigenvalue weighted by atomic mass is 35.5. The van der Waals surface area contributed by atoms with Gasteiger partial charge in [0.15, 0.2) is 0 Å². The average molecular weight is 270 g/mol. The molecule has 2 N–H and O–H groups in total. The molecule has 1 unspecified atom stereocenters. The highest BCUT2D eigenvalue weighted by Crippen LogP contribution is 2.27. The standard InChI is InChI=1S/C12H16ClN3S/c1-7-12(8(2)16(3)15-7)10(14)6-9-4-5-11(13)17-9/h4-5,10H,6,14H2,1-3H3. The number of thiophene rings is 1. The van der Waals surface area contributed by atoms with Gasteiger partial charge in [0.1, 0.15) is 0 Å². The lowest BCUT2D eigenvalue weighted by atomic mass is 10.0. The third-order valence-electron chi connectivity index (χ3n) is 2.99. The number of hydrogen-bond acceptors (Lipinski definition) is 3. The lowest BCUT2D eigenvalue weighted by Gasteiger charge is -2.11. The van der Waals surface area contributed by atoms with E-state index in [9.17, 15) is 0 Å². The number of rotatable bonds is 3. The zero-order valence-corrected chi connectivity index (χ0v) is 11.8. The van der Waals surface area contributed by atoms with E-state index in [0.717, 1.165) is 27.7 Å². The summed E-state index contributed by atoms with van der Waals surface area (Å²) in [5.74, 6) is 0. The molecule has 0 amide bonds. The second-order valence-corrected chi connectivity index (χ2v) is 6.02. The summed E-state index contributed by atoms with van der Waals surface area (Å²) in [5, 5.41) is 4.39. The van der Waals surface area contributed by atoms with E-state index in [-0.39, 0.29) is 6.04 Å². The normalized spacial score (nSPS) is 13.0. The predicted octanol–water partition coefficient (Wildman–Crippen LogP) is 2.99. The van der Waals surface area contributed by atoms with Gasteiger partial charge in [-0.2, -0.15) is 5.10 Å². The SMILES string of the molecule is Cc1nn(C)c(C)c1C(N)Cc1ccc(Cl)s1. The Kier molecular flexibility index (Phi) is 3.56. The van der Waals surface area contributed by atoms with E-state index in [1.807, 2.05) is 30.8 Å². The van der Waals surface area contributed by atoms with Gasteiger partial charge >= 0.3 is 0 Å². The summed E-state index contributed by atoms with van der Waals surface area (Å²) in [5.41, 5.74) is 9.56. The molecule has 0 bridgehead atoms. The molecule has 0 fully saturated rings. The van der Waals surface area contributed by atoms with Crippen molar-refractivity contribution in [2.24, 2.45) is 12.8 Å². The van der Waals surface area contributed by atoms with Crippen molar-refractivity contribution in [3.63, 3.8) is 0 Å². The summed E-state index contributed by atoms with van der Waals surface area (Å²) in [6.07, 6.45) is 0.810. The summed E-state index contributed by atoms with van der Waals surface area (Å²) in [4.78, 5) is 1.21. The fraction of sp³-hybridized carbons (Fsp3) is 0.417. The Morgan fingerprint density at radius 2 is 2.18 bits per heavy atom. The van der Waals surface area contributed by atoms with Gasteiger partial charge in [-0.3, -0.25) is 4.68 Å². The molecule has 2 aromatic rings. The first-order valence-corrected chi connectivity index (χ1v) is 6.68. The van der Waals surface area contributed by atoms with Crippen LogP contribution in [0, 0.1) is 13.8 Å². The van der Waals surface area contributed by atoms with Crippen LogP contribution in [0.1, 0.15) is 27.9 Å². The number of nitrogens with zero attached hydrogens (tertiary/aromatic N) is 2. The number of halogens is 1. The van der Waals surface area contributed by atoms with Crippen molar-refractivity contribution in [1.29, 1.82) is 0 Å². The molecule has 5 heteroatoms. The minimum absolute atomic E-state index is 0.0154. The van der Waals surface area contributed by atoms with Crippen LogP contribution in [0.3, 0.4) is 0 Å². The quantitative estimate of drug-likeness (QED) is 0.931.